The number of ketones is 2. The summed E-state index contributed by atoms with van der Waals surface area (Å²) in [6.07, 6.45) is 8.21. The molecular weight excluding hydrogens is 468 g/mol. The van der Waals surface area contributed by atoms with Crippen molar-refractivity contribution in [2.45, 2.75) is 53.9 Å². The van der Waals surface area contributed by atoms with Crippen molar-refractivity contribution in [2.75, 3.05) is 6.61 Å². The molecule has 0 bridgehead atoms. The summed E-state index contributed by atoms with van der Waals surface area (Å²) in [7, 11) is 0. The molecule has 0 saturated carbocycles. The molecule has 198 valence electrons. The summed E-state index contributed by atoms with van der Waals surface area (Å²) in [6.45, 7) is 17.7. The van der Waals surface area contributed by atoms with Crippen LogP contribution in [0.5, 0.6) is 5.75 Å². The number of aryl methyl sites for hydroxylation is 4. The number of ether oxygens (including phenoxy) is 1. The average Bonchev–Trinajstić information content (AvgIpc) is 2.90. The van der Waals surface area contributed by atoms with Crippen LogP contribution in [0.25, 0.3) is 12.2 Å². The fourth-order valence-electron chi connectivity index (χ4n) is 3.94. The smallest absolute Gasteiger partial charge is 0.160 e. The van der Waals surface area contributed by atoms with Crippen LogP contribution in [0.1, 0.15) is 70.9 Å². The Balaban J connectivity index is 0.000000926. The molecule has 3 heteroatoms. The van der Waals surface area contributed by atoms with Gasteiger partial charge in [-0.25, -0.2) is 0 Å². The lowest BCUT2D eigenvalue weighted by Crippen LogP contribution is -2.05. The maximum absolute atomic E-state index is 12.2. The van der Waals surface area contributed by atoms with E-state index in [1.807, 2.05) is 49.4 Å². The maximum atomic E-state index is 12.2. The maximum Gasteiger partial charge on any atom is 0.160 e. The summed E-state index contributed by atoms with van der Waals surface area (Å²) < 4.78 is 6.00. The molecule has 0 aromatic heterocycles. The Kier molecular flexibility index (Phi) is 12.2. The molecule has 38 heavy (non-hydrogen) atoms. The summed E-state index contributed by atoms with van der Waals surface area (Å²) in [5.41, 5.74) is 8.63. The van der Waals surface area contributed by atoms with Crippen molar-refractivity contribution in [2.24, 2.45) is 0 Å². The molecule has 0 amide bonds. The summed E-state index contributed by atoms with van der Waals surface area (Å²) in [5, 5.41) is 0. The number of carbonyl (C=O) groups excluding carboxylic acids is 2. The van der Waals surface area contributed by atoms with E-state index in [0.717, 1.165) is 35.3 Å². The van der Waals surface area contributed by atoms with Gasteiger partial charge in [0.2, 0.25) is 0 Å². The molecule has 0 atom stereocenters. The van der Waals surface area contributed by atoms with Crippen molar-refractivity contribution in [3.05, 3.63) is 124 Å². The van der Waals surface area contributed by atoms with Crippen LogP contribution in [0.15, 0.2) is 85.5 Å². The Morgan fingerprint density at radius 3 is 2.18 bits per heavy atom. The van der Waals surface area contributed by atoms with Crippen LogP contribution in [0.3, 0.4) is 0 Å². The van der Waals surface area contributed by atoms with Gasteiger partial charge >= 0.3 is 0 Å². The van der Waals surface area contributed by atoms with Crippen molar-refractivity contribution >= 4 is 23.7 Å². The van der Waals surface area contributed by atoms with Gasteiger partial charge in [-0.2, -0.15) is 0 Å². The molecule has 3 aromatic rings. The minimum Gasteiger partial charge on any atom is -0.489 e. The van der Waals surface area contributed by atoms with Crippen molar-refractivity contribution in [1.82, 2.24) is 0 Å². The zero-order chi connectivity index (χ0) is 28.1. The third kappa shape index (κ3) is 9.48. The second kappa shape index (κ2) is 15.3. The Hall–Kier alpha value is -3.98. The van der Waals surface area contributed by atoms with Crippen LogP contribution in [0, 0.1) is 13.8 Å². The van der Waals surface area contributed by atoms with Crippen LogP contribution >= 0.6 is 0 Å². The number of benzene rings is 3. The first kappa shape index (κ1) is 30.2. The number of carbonyl (C=O) groups is 2. The molecule has 3 aromatic carbocycles. The molecule has 3 nitrogen and oxygen atoms in total. The molecular formula is C35H40O3. The summed E-state index contributed by atoms with van der Waals surface area (Å²) >= 11 is 0. The zero-order valence-electron chi connectivity index (χ0n) is 23.5. The minimum atomic E-state index is 0.0651. The Morgan fingerprint density at radius 1 is 0.895 bits per heavy atom. The van der Waals surface area contributed by atoms with Gasteiger partial charge in [0.25, 0.3) is 0 Å². The molecule has 0 fully saturated rings. The van der Waals surface area contributed by atoms with Gasteiger partial charge in [0.15, 0.2) is 5.78 Å². The van der Waals surface area contributed by atoms with Crippen LogP contribution in [-0.4, -0.2) is 18.2 Å². The van der Waals surface area contributed by atoms with Crippen LogP contribution < -0.4 is 4.74 Å². The fourth-order valence-corrected chi connectivity index (χ4v) is 3.94. The van der Waals surface area contributed by atoms with Gasteiger partial charge in [0.1, 0.15) is 18.1 Å². The first-order valence-corrected chi connectivity index (χ1v) is 13.0. The van der Waals surface area contributed by atoms with E-state index in [0.29, 0.717) is 13.0 Å². The van der Waals surface area contributed by atoms with Crippen molar-refractivity contribution in [3.63, 3.8) is 0 Å². The van der Waals surface area contributed by atoms with Gasteiger partial charge in [-0.3, -0.25) is 4.79 Å². The predicted octanol–water partition coefficient (Wildman–Crippen LogP) is 8.57. The summed E-state index contributed by atoms with van der Waals surface area (Å²) in [4.78, 5) is 22.0. The molecule has 0 aliphatic rings. The first-order valence-electron chi connectivity index (χ1n) is 13.0. The van der Waals surface area contributed by atoms with E-state index in [9.17, 15) is 9.59 Å². The molecule has 0 heterocycles. The summed E-state index contributed by atoms with van der Waals surface area (Å²) in [6, 6.07) is 20.2. The van der Waals surface area contributed by atoms with Crippen molar-refractivity contribution < 1.29 is 14.3 Å². The van der Waals surface area contributed by atoms with Gasteiger partial charge in [-0.05, 0) is 97.7 Å². The van der Waals surface area contributed by atoms with E-state index in [1.165, 1.54) is 27.8 Å². The van der Waals surface area contributed by atoms with Gasteiger partial charge in [-0.15, -0.1) is 0 Å². The lowest BCUT2D eigenvalue weighted by atomic mass is 9.94. The molecule has 0 N–H and O–H groups in total. The van der Waals surface area contributed by atoms with Gasteiger partial charge in [0, 0.05) is 12.0 Å². The van der Waals surface area contributed by atoms with E-state index < -0.39 is 0 Å². The Morgan fingerprint density at radius 2 is 1.55 bits per heavy atom. The third-order valence-corrected chi connectivity index (χ3v) is 6.35. The van der Waals surface area contributed by atoms with Crippen molar-refractivity contribution in [3.8, 4) is 5.75 Å². The highest BCUT2D eigenvalue weighted by molar-refractivity contribution is 5.95. The largest absolute Gasteiger partial charge is 0.489 e. The zero-order valence-corrected chi connectivity index (χ0v) is 23.5. The van der Waals surface area contributed by atoms with Gasteiger partial charge in [-0.1, -0.05) is 80.8 Å². The van der Waals surface area contributed by atoms with E-state index in [1.54, 1.807) is 13.8 Å². The highest BCUT2D eigenvalue weighted by Crippen LogP contribution is 2.23. The highest BCUT2D eigenvalue weighted by atomic mass is 16.5. The number of hydrogen-bond donors (Lipinski definition) is 0. The molecule has 0 aliphatic heterocycles. The van der Waals surface area contributed by atoms with E-state index >= 15 is 0 Å². The van der Waals surface area contributed by atoms with E-state index in [2.05, 4.69) is 63.4 Å². The minimum absolute atomic E-state index is 0.0651. The molecule has 3 rings (SSSR count). The van der Waals surface area contributed by atoms with E-state index in [-0.39, 0.29) is 11.6 Å². The number of hydrogen-bond acceptors (Lipinski definition) is 3. The number of rotatable bonds is 11. The molecule has 0 spiro atoms. The highest BCUT2D eigenvalue weighted by Gasteiger charge is 2.11. The second-order valence-corrected chi connectivity index (χ2v) is 9.42. The van der Waals surface area contributed by atoms with Gasteiger partial charge in [0.05, 0.1) is 0 Å². The Bertz CT molecular complexity index is 1310. The number of Topliss-reactive ketones (excluding diaryl/α,β-unsaturated/α-hetero) is 2. The quantitative estimate of drug-likeness (QED) is 0.192. The standard InChI is InChI=1S/C31H32O2.C4H8O/c1-6-30-24(4)11-9-13-27(30)16-17-28-20-29(18-19-31(28)25(5)32)33-21-22(2)14-15-26-12-8-7-10-23(26)3;1-3-4(2)5/h6-15,18-20H,1-2,16-17,21H2,3-5H3;3H2,1-2H3/b15-14-;. The molecule has 0 radical (unpaired) electrons. The lowest BCUT2D eigenvalue weighted by molar-refractivity contribution is -0.116. The van der Waals surface area contributed by atoms with E-state index in [4.69, 9.17) is 4.74 Å². The predicted molar refractivity (Wildman–Crippen MR) is 161 cm³/mol. The molecule has 0 saturated heterocycles. The lowest BCUT2D eigenvalue weighted by Gasteiger charge is -2.13. The molecule has 0 unspecified atom stereocenters. The Labute approximate surface area is 228 Å². The third-order valence-electron chi connectivity index (χ3n) is 6.35. The molecule has 0 aliphatic carbocycles. The van der Waals surface area contributed by atoms with Crippen LogP contribution in [0.4, 0.5) is 0 Å². The SMILES string of the molecule is C=Cc1c(C)cccc1CCc1cc(OCC(=C)/C=C\c2ccccc2C)ccc1C(C)=O.CCC(C)=O. The first-order chi connectivity index (χ1) is 18.2. The summed E-state index contributed by atoms with van der Waals surface area (Å²) in [5.74, 6) is 1.06. The van der Waals surface area contributed by atoms with Gasteiger partial charge < -0.3 is 9.53 Å². The van der Waals surface area contributed by atoms with Crippen molar-refractivity contribution in [1.29, 1.82) is 0 Å². The monoisotopic (exact) mass is 508 g/mol. The normalized spacial score (nSPS) is 10.4. The van der Waals surface area contributed by atoms with Crippen LogP contribution in [0.2, 0.25) is 0 Å². The fraction of sp³-hybridized carbons (Fsp3) is 0.257. The van der Waals surface area contributed by atoms with Crippen LogP contribution in [-0.2, 0) is 17.6 Å². The average molecular weight is 509 g/mol. The second-order valence-electron chi connectivity index (χ2n) is 9.42. The topological polar surface area (TPSA) is 43.4 Å².